The lowest BCUT2D eigenvalue weighted by Crippen LogP contribution is -2.50. The predicted octanol–water partition coefficient (Wildman–Crippen LogP) is 1.43. The van der Waals surface area contributed by atoms with Gasteiger partial charge in [0.2, 0.25) is 10.0 Å². The Bertz CT molecular complexity index is 627. The van der Waals surface area contributed by atoms with Crippen molar-refractivity contribution >= 4 is 16.1 Å². The molecule has 0 aliphatic carbocycles. The van der Waals surface area contributed by atoms with E-state index in [0.29, 0.717) is 0 Å². The molecule has 22 heavy (non-hydrogen) atoms. The summed E-state index contributed by atoms with van der Waals surface area (Å²) in [5, 5.41) is 0. The number of nitrogens with zero attached hydrogens (tertiary/aromatic N) is 2. The largest absolute Gasteiger partial charge is 0.450 e. The molecule has 2 rings (SSSR count). The number of amides is 1. The molecular weight excluding hydrogens is 311 g/mol. The Hall–Kier alpha value is -1.67. The highest BCUT2D eigenvalue weighted by Gasteiger charge is 2.29. The third-order valence-corrected chi connectivity index (χ3v) is 5.28. The zero-order valence-electron chi connectivity index (χ0n) is 12.4. The summed E-state index contributed by atoms with van der Waals surface area (Å²) >= 11 is 0. The van der Waals surface area contributed by atoms with Crippen molar-refractivity contribution in [2.45, 2.75) is 12.7 Å². The second-order valence-electron chi connectivity index (χ2n) is 4.93. The number of hydrogen-bond donors (Lipinski definition) is 0. The first kappa shape index (κ1) is 16.7. The number of carbonyl (C=O) groups is 1. The molecule has 1 amide bonds. The van der Waals surface area contributed by atoms with Gasteiger partial charge in [-0.15, -0.1) is 0 Å². The minimum absolute atomic E-state index is 0.148. The Balaban J connectivity index is 1.98. The van der Waals surface area contributed by atoms with E-state index in [9.17, 15) is 17.6 Å². The predicted molar refractivity (Wildman–Crippen MR) is 79.2 cm³/mol. The van der Waals surface area contributed by atoms with Gasteiger partial charge in [-0.2, -0.15) is 4.31 Å². The molecule has 0 atom stereocenters. The lowest BCUT2D eigenvalue weighted by atomic mass is 10.2. The maximum absolute atomic E-state index is 13.6. The van der Waals surface area contributed by atoms with Gasteiger partial charge in [0, 0.05) is 31.7 Å². The molecule has 0 aromatic heterocycles. The van der Waals surface area contributed by atoms with Crippen molar-refractivity contribution in [3.05, 3.63) is 35.6 Å². The van der Waals surface area contributed by atoms with Gasteiger partial charge in [-0.05, 0) is 13.0 Å². The summed E-state index contributed by atoms with van der Waals surface area (Å²) in [6.45, 7) is 2.92. The highest BCUT2D eigenvalue weighted by atomic mass is 32.2. The zero-order valence-corrected chi connectivity index (χ0v) is 13.2. The lowest BCUT2D eigenvalue weighted by molar-refractivity contribution is 0.0934. The van der Waals surface area contributed by atoms with Gasteiger partial charge in [-0.1, -0.05) is 18.2 Å². The molecule has 1 saturated heterocycles. The maximum atomic E-state index is 13.6. The number of halogens is 1. The van der Waals surface area contributed by atoms with Crippen molar-refractivity contribution in [3.63, 3.8) is 0 Å². The molecule has 0 saturated carbocycles. The van der Waals surface area contributed by atoms with E-state index < -0.39 is 21.9 Å². The molecule has 1 fully saturated rings. The third-order valence-electron chi connectivity index (χ3n) is 3.45. The number of carbonyl (C=O) groups excluding carboxylic acids is 1. The molecule has 1 aromatic carbocycles. The molecule has 1 aromatic rings. The van der Waals surface area contributed by atoms with E-state index in [-0.39, 0.29) is 44.1 Å². The molecular formula is C14H19FN2O4S. The van der Waals surface area contributed by atoms with Crippen LogP contribution >= 0.6 is 0 Å². The van der Waals surface area contributed by atoms with Gasteiger partial charge in [0.1, 0.15) is 5.82 Å². The summed E-state index contributed by atoms with van der Waals surface area (Å²) in [6.07, 6.45) is -0.436. The first-order valence-electron chi connectivity index (χ1n) is 7.07. The van der Waals surface area contributed by atoms with Crippen molar-refractivity contribution in [2.75, 3.05) is 32.8 Å². The number of sulfonamides is 1. The van der Waals surface area contributed by atoms with Gasteiger partial charge in [0.25, 0.3) is 0 Å². The van der Waals surface area contributed by atoms with Gasteiger partial charge in [0.05, 0.1) is 12.4 Å². The van der Waals surface area contributed by atoms with Crippen molar-refractivity contribution in [1.29, 1.82) is 0 Å². The first-order chi connectivity index (χ1) is 10.4. The van der Waals surface area contributed by atoms with E-state index in [1.807, 2.05) is 0 Å². The Kier molecular flexibility index (Phi) is 5.36. The molecule has 1 heterocycles. The Morgan fingerprint density at radius 2 is 1.86 bits per heavy atom. The van der Waals surface area contributed by atoms with Crippen LogP contribution in [0.3, 0.4) is 0 Å². The van der Waals surface area contributed by atoms with Crippen molar-refractivity contribution in [3.8, 4) is 0 Å². The van der Waals surface area contributed by atoms with Crippen LogP contribution in [0.4, 0.5) is 9.18 Å². The fraction of sp³-hybridized carbons (Fsp3) is 0.500. The quantitative estimate of drug-likeness (QED) is 0.838. The SMILES string of the molecule is CCOC(=O)N1CCN(S(=O)(=O)Cc2ccccc2F)CC1. The van der Waals surface area contributed by atoms with Crippen molar-refractivity contribution in [1.82, 2.24) is 9.21 Å². The smallest absolute Gasteiger partial charge is 0.409 e. The molecule has 1 aliphatic rings. The molecule has 8 heteroatoms. The summed E-state index contributed by atoms with van der Waals surface area (Å²) < 4.78 is 44.4. The lowest BCUT2D eigenvalue weighted by Gasteiger charge is -2.33. The van der Waals surface area contributed by atoms with Crippen LogP contribution in [-0.4, -0.2) is 56.5 Å². The molecule has 1 aliphatic heterocycles. The Morgan fingerprint density at radius 3 is 2.45 bits per heavy atom. The van der Waals surface area contributed by atoms with E-state index in [1.54, 1.807) is 13.0 Å². The molecule has 0 radical (unpaired) electrons. The highest BCUT2D eigenvalue weighted by Crippen LogP contribution is 2.16. The van der Waals surface area contributed by atoms with Crippen LogP contribution in [0.2, 0.25) is 0 Å². The van der Waals surface area contributed by atoms with Crippen LogP contribution in [0.5, 0.6) is 0 Å². The second-order valence-corrected chi connectivity index (χ2v) is 6.90. The third kappa shape index (κ3) is 3.95. The van der Waals surface area contributed by atoms with Crippen molar-refractivity contribution < 1.29 is 22.3 Å². The fourth-order valence-corrected chi connectivity index (χ4v) is 3.80. The van der Waals surface area contributed by atoms with E-state index >= 15 is 0 Å². The molecule has 0 N–H and O–H groups in total. The summed E-state index contributed by atoms with van der Waals surface area (Å²) in [6, 6.07) is 5.82. The molecule has 6 nitrogen and oxygen atoms in total. The average Bonchev–Trinajstić information content (AvgIpc) is 2.50. The van der Waals surface area contributed by atoms with Crippen LogP contribution in [0, 0.1) is 5.82 Å². The van der Waals surface area contributed by atoms with Crippen LogP contribution in [0.25, 0.3) is 0 Å². The van der Waals surface area contributed by atoms with Gasteiger partial charge in [0.15, 0.2) is 0 Å². The number of ether oxygens (including phenoxy) is 1. The van der Waals surface area contributed by atoms with Crippen molar-refractivity contribution in [2.24, 2.45) is 0 Å². The minimum atomic E-state index is -3.61. The van der Waals surface area contributed by atoms with Gasteiger partial charge in [-0.25, -0.2) is 17.6 Å². The summed E-state index contributed by atoms with van der Waals surface area (Å²) in [4.78, 5) is 13.0. The zero-order chi connectivity index (χ0) is 16.2. The van der Waals surface area contributed by atoms with E-state index in [0.717, 1.165) is 0 Å². The van der Waals surface area contributed by atoms with Crippen LogP contribution in [0.15, 0.2) is 24.3 Å². The van der Waals surface area contributed by atoms with E-state index in [2.05, 4.69) is 0 Å². The molecule has 0 bridgehead atoms. The minimum Gasteiger partial charge on any atom is -0.450 e. The Labute approximate surface area is 129 Å². The summed E-state index contributed by atoms with van der Waals surface area (Å²) in [7, 11) is -3.61. The first-order valence-corrected chi connectivity index (χ1v) is 8.68. The van der Waals surface area contributed by atoms with Gasteiger partial charge in [-0.3, -0.25) is 0 Å². The number of rotatable bonds is 4. The standard InChI is InChI=1S/C14H19FN2O4S/c1-2-21-14(18)16-7-9-17(10-8-16)22(19,20)11-12-5-3-4-6-13(12)15/h3-6H,2,7-11H2,1H3. The number of hydrogen-bond acceptors (Lipinski definition) is 4. The number of benzene rings is 1. The Morgan fingerprint density at radius 1 is 1.23 bits per heavy atom. The molecule has 122 valence electrons. The average molecular weight is 330 g/mol. The van der Waals surface area contributed by atoms with Crippen LogP contribution in [-0.2, 0) is 20.5 Å². The second kappa shape index (κ2) is 7.06. The fourth-order valence-electron chi connectivity index (χ4n) is 2.27. The summed E-state index contributed by atoms with van der Waals surface area (Å²) in [5.41, 5.74) is 0.148. The van der Waals surface area contributed by atoms with Gasteiger partial charge >= 0.3 is 6.09 Å². The highest BCUT2D eigenvalue weighted by molar-refractivity contribution is 7.88. The van der Waals surface area contributed by atoms with E-state index in [4.69, 9.17) is 4.74 Å². The topological polar surface area (TPSA) is 66.9 Å². The maximum Gasteiger partial charge on any atom is 0.409 e. The van der Waals surface area contributed by atoms with Crippen LogP contribution < -0.4 is 0 Å². The monoisotopic (exact) mass is 330 g/mol. The molecule has 0 unspecified atom stereocenters. The normalized spacial score (nSPS) is 16.5. The number of piperazine rings is 1. The molecule has 0 spiro atoms. The summed E-state index contributed by atoms with van der Waals surface area (Å²) in [5.74, 6) is -0.907. The van der Waals surface area contributed by atoms with Gasteiger partial charge < -0.3 is 9.64 Å². The van der Waals surface area contributed by atoms with E-state index in [1.165, 1.54) is 27.4 Å². The van der Waals surface area contributed by atoms with Crippen LogP contribution in [0.1, 0.15) is 12.5 Å².